The molecule has 0 bridgehead atoms. The van der Waals surface area contributed by atoms with Gasteiger partial charge in [0, 0.05) is 28.8 Å². The highest BCUT2D eigenvalue weighted by Crippen LogP contribution is 2.33. The molecule has 0 radical (unpaired) electrons. The highest BCUT2D eigenvalue weighted by Gasteiger charge is 2.32. The van der Waals surface area contributed by atoms with Crippen molar-refractivity contribution in [3.63, 3.8) is 0 Å². The van der Waals surface area contributed by atoms with Gasteiger partial charge in [0.1, 0.15) is 0 Å². The standard InChI is InChI=1S/C24H23F3N8O2/c1-12-4-6-15(9-17(12)24(25,26)27)29-23(37)30-16-7-5-13(2)18(10-16)31-22-28-11-19(36)21(33-22)32-20-8-14(3)34-35-20/h4-11,36H,1-3H3,(H2,29,30,37)(H3,28,31,32,33,34,35). The third-order valence-corrected chi connectivity index (χ3v) is 5.26. The van der Waals surface area contributed by atoms with Crippen LogP contribution in [-0.2, 0) is 6.18 Å². The van der Waals surface area contributed by atoms with Crippen LogP contribution < -0.4 is 21.3 Å². The minimum Gasteiger partial charge on any atom is -0.503 e. The van der Waals surface area contributed by atoms with Gasteiger partial charge in [0.25, 0.3) is 0 Å². The molecule has 0 aliphatic heterocycles. The Kier molecular flexibility index (Phi) is 6.87. The van der Waals surface area contributed by atoms with E-state index < -0.39 is 17.8 Å². The summed E-state index contributed by atoms with van der Waals surface area (Å²) in [6.07, 6.45) is -3.31. The molecule has 0 fully saturated rings. The molecule has 13 heteroatoms. The van der Waals surface area contributed by atoms with Crippen LogP contribution >= 0.6 is 0 Å². The molecule has 0 atom stereocenters. The van der Waals surface area contributed by atoms with E-state index in [-0.39, 0.29) is 28.8 Å². The Bertz CT molecular complexity index is 1450. The molecular formula is C24H23F3N8O2. The molecule has 0 aliphatic rings. The van der Waals surface area contributed by atoms with Gasteiger partial charge in [-0.3, -0.25) is 5.10 Å². The van der Waals surface area contributed by atoms with Crippen molar-refractivity contribution in [1.29, 1.82) is 0 Å². The number of anilines is 6. The summed E-state index contributed by atoms with van der Waals surface area (Å²) in [4.78, 5) is 20.8. The summed E-state index contributed by atoms with van der Waals surface area (Å²) in [5, 5.41) is 27.8. The number of aromatic nitrogens is 4. The van der Waals surface area contributed by atoms with Gasteiger partial charge in [-0.05, 0) is 56.2 Å². The molecular weight excluding hydrogens is 489 g/mol. The predicted molar refractivity (Wildman–Crippen MR) is 134 cm³/mol. The number of urea groups is 1. The van der Waals surface area contributed by atoms with Crippen LogP contribution in [0, 0.1) is 20.8 Å². The molecule has 4 rings (SSSR count). The lowest BCUT2D eigenvalue weighted by Gasteiger charge is -2.14. The SMILES string of the molecule is Cc1cc(Nc2nc(Nc3cc(NC(=O)Nc4ccc(C)c(C(F)(F)F)c4)ccc3C)ncc2O)n[nH]1. The highest BCUT2D eigenvalue weighted by molar-refractivity contribution is 6.00. The Morgan fingerprint density at radius 3 is 2.27 bits per heavy atom. The van der Waals surface area contributed by atoms with Gasteiger partial charge in [-0.1, -0.05) is 12.1 Å². The van der Waals surface area contributed by atoms with Crippen molar-refractivity contribution < 1.29 is 23.1 Å². The Morgan fingerprint density at radius 2 is 1.62 bits per heavy atom. The number of aromatic hydroxyl groups is 1. The zero-order chi connectivity index (χ0) is 26.7. The van der Waals surface area contributed by atoms with Crippen molar-refractivity contribution >= 4 is 40.7 Å². The van der Waals surface area contributed by atoms with Gasteiger partial charge in [0.15, 0.2) is 17.4 Å². The second kappa shape index (κ2) is 10.0. The topological polar surface area (TPSA) is 140 Å². The maximum absolute atomic E-state index is 13.2. The number of nitrogens with zero attached hydrogens (tertiary/aromatic N) is 3. The Morgan fingerprint density at radius 1 is 0.946 bits per heavy atom. The first kappa shape index (κ1) is 25.3. The average molecular weight is 512 g/mol. The zero-order valence-corrected chi connectivity index (χ0v) is 19.9. The van der Waals surface area contributed by atoms with Gasteiger partial charge in [0.2, 0.25) is 5.95 Å². The van der Waals surface area contributed by atoms with Crippen LogP contribution in [0.4, 0.5) is 52.6 Å². The molecule has 2 aromatic carbocycles. The van der Waals surface area contributed by atoms with Gasteiger partial charge >= 0.3 is 12.2 Å². The maximum atomic E-state index is 13.2. The summed E-state index contributed by atoms with van der Waals surface area (Å²) in [7, 11) is 0. The molecule has 0 spiro atoms. The monoisotopic (exact) mass is 512 g/mol. The minimum atomic E-state index is -4.53. The van der Waals surface area contributed by atoms with Crippen molar-refractivity contribution in [3.8, 4) is 5.75 Å². The fourth-order valence-corrected chi connectivity index (χ4v) is 3.38. The number of H-pyrrole nitrogens is 1. The fourth-order valence-electron chi connectivity index (χ4n) is 3.38. The number of aryl methyl sites for hydroxylation is 3. The van der Waals surface area contributed by atoms with Crippen molar-refractivity contribution in [2.75, 3.05) is 21.3 Å². The third-order valence-electron chi connectivity index (χ3n) is 5.26. The summed E-state index contributed by atoms with van der Waals surface area (Å²) >= 11 is 0. The number of hydrogen-bond acceptors (Lipinski definition) is 7. The first-order valence-electron chi connectivity index (χ1n) is 11.0. The summed E-state index contributed by atoms with van der Waals surface area (Å²) in [5.74, 6) is 0.574. The quantitative estimate of drug-likeness (QED) is 0.187. The van der Waals surface area contributed by atoms with Crippen LogP contribution in [0.25, 0.3) is 0 Å². The number of amides is 2. The third kappa shape index (κ3) is 6.25. The summed E-state index contributed by atoms with van der Waals surface area (Å²) in [6, 6.07) is 9.58. The van der Waals surface area contributed by atoms with Crippen molar-refractivity contribution in [2.24, 2.45) is 0 Å². The molecule has 4 aromatic rings. The Labute approximate surface area is 209 Å². The van der Waals surface area contributed by atoms with E-state index in [4.69, 9.17) is 0 Å². The summed E-state index contributed by atoms with van der Waals surface area (Å²) in [6.45, 7) is 5.00. The van der Waals surface area contributed by atoms with Crippen LogP contribution in [0.15, 0.2) is 48.7 Å². The first-order chi connectivity index (χ1) is 17.5. The number of benzene rings is 2. The lowest BCUT2D eigenvalue weighted by molar-refractivity contribution is -0.138. The second-order valence-electron chi connectivity index (χ2n) is 8.25. The van der Waals surface area contributed by atoms with E-state index in [9.17, 15) is 23.1 Å². The molecule has 37 heavy (non-hydrogen) atoms. The Balaban J connectivity index is 1.47. The van der Waals surface area contributed by atoms with E-state index in [1.807, 2.05) is 13.8 Å². The van der Waals surface area contributed by atoms with Gasteiger partial charge in [-0.25, -0.2) is 9.78 Å². The Hall–Kier alpha value is -4.81. The maximum Gasteiger partial charge on any atom is 0.416 e. The van der Waals surface area contributed by atoms with Crippen LogP contribution in [0.5, 0.6) is 5.75 Å². The number of alkyl halides is 3. The van der Waals surface area contributed by atoms with E-state index in [0.717, 1.165) is 17.3 Å². The van der Waals surface area contributed by atoms with Crippen LogP contribution in [0.2, 0.25) is 0 Å². The van der Waals surface area contributed by atoms with Crippen LogP contribution in [0.3, 0.4) is 0 Å². The largest absolute Gasteiger partial charge is 0.503 e. The molecule has 2 aromatic heterocycles. The lowest BCUT2D eigenvalue weighted by atomic mass is 10.1. The van der Waals surface area contributed by atoms with E-state index in [1.165, 1.54) is 25.3 Å². The van der Waals surface area contributed by atoms with E-state index in [1.54, 1.807) is 24.3 Å². The van der Waals surface area contributed by atoms with Crippen LogP contribution in [-0.4, -0.2) is 31.3 Å². The molecule has 6 N–H and O–H groups in total. The average Bonchev–Trinajstić information content (AvgIpc) is 3.23. The van der Waals surface area contributed by atoms with Crippen LogP contribution in [0.1, 0.15) is 22.4 Å². The first-order valence-corrected chi connectivity index (χ1v) is 11.0. The molecule has 2 heterocycles. The van der Waals surface area contributed by atoms with Gasteiger partial charge in [-0.2, -0.15) is 23.3 Å². The highest BCUT2D eigenvalue weighted by atomic mass is 19.4. The number of halogens is 3. The molecule has 2 amide bonds. The smallest absolute Gasteiger partial charge is 0.416 e. The van der Waals surface area contributed by atoms with E-state index in [0.29, 0.717) is 17.2 Å². The molecule has 0 saturated heterocycles. The lowest BCUT2D eigenvalue weighted by Crippen LogP contribution is -2.20. The summed E-state index contributed by atoms with van der Waals surface area (Å²) < 4.78 is 39.5. The van der Waals surface area contributed by atoms with Crippen molar-refractivity contribution in [1.82, 2.24) is 20.2 Å². The van der Waals surface area contributed by atoms with Crippen molar-refractivity contribution in [3.05, 3.63) is 71.0 Å². The number of carbonyl (C=O) groups excluding carboxylic acids is 1. The van der Waals surface area contributed by atoms with E-state index >= 15 is 0 Å². The summed E-state index contributed by atoms with van der Waals surface area (Å²) in [5.41, 5.74) is 1.79. The molecule has 0 saturated carbocycles. The molecule has 192 valence electrons. The molecule has 10 nitrogen and oxygen atoms in total. The number of hydrogen-bond donors (Lipinski definition) is 6. The minimum absolute atomic E-state index is 0.00511. The van der Waals surface area contributed by atoms with Gasteiger partial charge < -0.3 is 26.4 Å². The second-order valence-corrected chi connectivity index (χ2v) is 8.25. The number of rotatable bonds is 6. The predicted octanol–water partition coefficient (Wildman–Crippen LogP) is 5.98. The normalized spacial score (nSPS) is 11.2. The van der Waals surface area contributed by atoms with Gasteiger partial charge in [0.05, 0.1) is 11.8 Å². The van der Waals surface area contributed by atoms with Crippen molar-refractivity contribution in [2.45, 2.75) is 26.9 Å². The molecule has 0 unspecified atom stereocenters. The number of nitrogens with one attached hydrogen (secondary N) is 5. The fraction of sp³-hybridized carbons (Fsp3) is 0.167. The zero-order valence-electron chi connectivity index (χ0n) is 19.9. The molecule has 0 aliphatic carbocycles. The number of carbonyl (C=O) groups is 1. The van der Waals surface area contributed by atoms with Gasteiger partial charge in [-0.15, -0.1) is 0 Å². The van der Waals surface area contributed by atoms with E-state index in [2.05, 4.69) is 41.4 Å². The number of aromatic amines is 1.